The maximum atomic E-state index is 11.5. The van der Waals surface area contributed by atoms with Crippen LogP contribution in [0.3, 0.4) is 0 Å². The van der Waals surface area contributed by atoms with Crippen LogP contribution in [0.2, 0.25) is 0 Å². The molecule has 3 heteroatoms. The molecule has 1 atom stereocenters. The molecule has 3 nitrogen and oxygen atoms in total. The molecule has 18 heavy (non-hydrogen) atoms. The third-order valence-corrected chi connectivity index (χ3v) is 3.66. The molecule has 1 saturated carbocycles. The monoisotopic (exact) mass is 249 g/mol. The van der Waals surface area contributed by atoms with Crippen LogP contribution in [-0.4, -0.2) is 18.7 Å². The van der Waals surface area contributed by atoms with Gasteiger partial charge in [0.25, 0.3) is 0 Å². The Hall–Kier alpha value is -1.25. The largest absolute Gasteiger partial charge is 0.446 e. The molecular weight excluding hydrogens is 226 g/mol. The lowest BCUT2D eigenvalue weighted by Gasteiger charge is -2.13. The summed E-state index contributed by atoms with van der Waals surface area (Å²) in [7, 11) is 0. The first-order chi connectivity index (χ1) is 8.84. The number of amides is 1. The van der Waals surface area contributed by atoms with E-state index in [0.29, 0.717) is 12.5 Å². The molecule has 2 aliphatic rings. The normalized spacial score (nSPS) is 24.6. The summed E-state index contributed by atoms with van der Waals surface area (Å²) in [5.74, 6) is 0.641. The van der Waals surface area contributed by atoms with Crippen LogP contribution < -0.4 is 5.32 Å². The van der Waals surface area contributed by atoms with Gasteiger partial charge in [0.1, 0.15) is 6.10 Å². The van der Waals surface area contributed by atoms with E-state index in [2.05, 4.69) is 23.5 Å². The lowest BCUT2D eigenvalue weighted by Crippen LogP contribution is -2.28. The molecule has 0 aromatic rings. The van der Waals surface area contributed by atoms with Gasteiger partial charge in [-0.1, -0.05) is 24.3 Å². The molecule has 0 heterocycles. The van der Waals surface area contributed by atoms with Gasteiger partial charge in [0.15, 0.2) is 0 Å². The quantitative estimate of drug-likeness (QED) is 0.773. The highest BCUT2D eigenvalue weighted by molar-refractivity contribution is 5.67. The van der Waals surface area contributed by atoms with Gasteiger partial charge >= 0.3 is 6.09 Å². The van der Waals surface area contributed by atoms with Gasteiger partial charge < -0.3 is 10.1 Å². The van der Waals surface area contributed by atoms with Crippen LogP contribution in [0.4, 0.5) is 4.79 Å². The molecule has 0 spiro atoms. The standard InChI is InChI=1S/C15H23NO2/c17-15(18-14-10-4-5-11-14)16-12-6-9-13-7-2-1-3-8-13/h1-2,6,9,13-14H,3-5,7-8,10-12H2,(H,16,17)/b9-6+. The number of nitrogens with one attached hydrogen (secondary N) is 1. The molecule has 0 radical (unpaired) electrons. The number of rotatable bonds is 4. The number of allylic oxidation sites excluding steroid dienone is 3. The fourth-order valence-electron chi connectivity index (χ4n) is 2.59. The zero-order valence-corrected chi connectivity index (χ0v) is 10.9. The van der Waals surface area contributed by atoms with Gasteiger partial charge in [-0.15, -0.1) is 0 Å². The molecule has 2 aliphatic carbocycles. The molecule has 1 unspecified atom stereocenters. The molecule has 0 bridgehead atoms. The first-order valence-electron chi connectivity index (χ1n) is 7.11. The Balaban J connectivity index is 1.57. The summed E-state index contributed by atoms with van der Waals surface area (Å²) >= 11 is 0. The second kappa shape index (κ2) is 7.24. The van der Waals surface area contributed by atoms with Crippen LogP contribution >= 0.6 is 0 Å². The SMILES string of the molecule is O=C(NC/C=C/C1CC=CCC1)OC1CCCC1. The molecule has 0 aromatic heterocycles. The third-order valence-electron chi connectivity index (χ3n) is 3.66. The van der Waals surface area contributed by atoms with E-state index in [1.54, 1.807) is 0 Å². The van der Waals surface area contributed by atoms with Gasteiger partial charge in [0, 0.05) is 6.54 Å². The number of hydrogen-bond acceptors (Lipinski definition) is 2. The first kappa shape index (κ1) is 13.2. The fraction of sp³-hybridized carbons (Fsp3) is 0.667. The van der Waals surface area contributed by atoms with Crippen molar-refractivity contribution in [2.75, 3.05) is 6.54 Å². The number of carbonyl (C=O) groups excluding carboxylic acids is 1. The second-order valence-electron chi connectivity index (χ2n) is 5.17. The summed E-state index contributed by atoms with van der Waals surface area (Å²) in [6.45, 7) is 0.575. The second-order valence-corrected chi connectivity index (χ2v) is 5.17. The lowest BCUT2D eigenvalue weighted by molar-refractivity contribution is 0.102. The summed E-state index contributed by atoms with van der Waals surface area (Å²) in [6.07, 6.45) is 16.6. The van der Waals surface area contributed by atoms with Gasteiger partial charge in [0.05, 0.1) is 0 Å². The van der Waals surface area contributed by atoms with E-state index < -0.39 is 0 Å². The van der Waals surface area contributed by atoms with Gasteiger partial charge in [-0.3, -0.25) is 0 Å². The minimum atomic E-state index is -0.268. The molecule has 2 rings (SSSR count). The average Bonchev–Trinajstić information content (AvgIpc) is 2.89. The van der Waals surface area contributed by atoms with Gasteiger partial charge in [-0.25, -0.2) is 4.79 Å². The van der Waals surface area contributed by atoms with Crippen molar-refractivity contribution in [3.8, 4) is 0 Å². The van der Waals surface area contributed by atoms with Gasteiger partial charge in [-0.05, 0) is 50.9 Å². The summed E-state index contributed by atoms with van der Waals surface area (Å²) in [6, 6.07) is 0. The molecule has 0 aromatic carbocycles. The predicted octanol–water partition coefficient (Wildman–Crippen LogP) is 3.57. The van der Waals surface area contributed by atoms with Crippen molar-refractivity contribution in [2.24, 2.45) is 5.92 Å². The Morgan fingerprint density at radius 2 is 2.11 bits per heavy atom. The highest BCUT2D eigenvalue weighted by Gasteiger charge is 2.18. The first-order valence-corrected chi connectivity index (χ1v) is 7.11. The van der Waals surface area contributed by atoms with E-state index in [1.165, 1.54) is 25.7 Å². The number of alkyl carbamates (subject to hydrolysis) is 1. The van der Waals surface area contributed by atoms with Crippen LogP contribution in [0.15, 0.2) is 24.3 Å². The minimum absolute atomic E-state index is 0.150. The van der Waals surface area contributed by atoms with Crippen molar-refractivity contribution < 1.29 is 9.53 Å². The van der Waals surface area contributed by atoms with Gasteiger partial charge in [0.2, 0.25) is 0 Å². The molecule has 1 amide bonds. The topological polar surface area (TPSA) is 38.3 Å². The summed E-state index contributed by atoms with van der Waals surface area (Å²) < 4.78 is 5.31. The van der Waals surface area contributed by atoms with Crippen molar-refractivity contribution in [1.29, 1.82) is 0 Å². The van der Waals surface area contributed by atoms with Crippen LogP contribution in [0.5, 0.6) is 0 Å². The van der Waals surface area contributed by atoms with E-state index in [0.717, 1.165) is 19.3 Å². The molecular formula is C15H23NO2. The zero-order valence-electron chi connectivity index (χ0n) is 10.9. The summed E-state index contributed by atoms with van der Waals surface area (Å²) in [5, 5.41) is 2.78. The Morgan fingerprint density at radius 1 is 1.28 bits per heavy atom. The molecule has 0 aliphatic heterocycles. The maximum Gasteiger partial charge on any atom is 0.407 e. The van der Waals surface area contributed by atoms with Crippen LogP contribution in [0, 0.1) is 5.92 Å². The van der Waals surface area contributed by atoms with E-state index >= 15 is 0 Å². The number of ether oxygens (including phenoxy) is 1. The van der Waals surface area contributed by atoms with E-state index in [4.69, 9.17) is 4.74 Å². The summed E-state index contributed by atoms with van der Waals surface area (Å²) in [5.41, 5.74) is 0. The van der Waals surface area contributed by atoms with Crippen LogP contribution in [0.25, 0.3) is 0 Å². The van der Waals surface area contributed by atoms with E-state index in [1.807, 2.05) is 6.08 Å². The third kappa shape index (κ3) is 4.55. The maximum absolute atomic E-state index is 11.5. The highest BCUT2D eigenvalue weighted by Crippen LogP contribution is 2.21. The van der Waals surface area contributed by atoms with Crippen molar-refractivity contribution in [1.82, 2.24) is 5.32 Å². The van der Waals surface area contributed by atoms with Crippen molar-refractivity contribution >= 4 is 6.09 Å². The lowest BCUT2D eigenvalue weighted by atomic mass is 9.94. The predicted molar refractivity (Wildman–Crippen MR) is 72.4 cm³/mol. The fourth-order valence-corrected chi connectivity index (χ4v) is 2.59. The van der Waals surface area contributed by atoms with E-state index in [9.17, 15) is 4.79 Å². The minimum Gasteiger partial charge on any atom is -0.446 e. The van der Waals surface area contributed by atoms with Crippen molar-refractivity contribution in [3.63, 3.8) is 0 Å². The molecule has 0 saturated heterocycles. The summed E-state index contributed by atoms with van der Waals surface area (Å²) in [4.78, 5) is 11.5. The molecule has 100 valence electrons. The van der Waals surface area contributed by atoms with Crippen LogP contribution in [-0.2, 0) is 4.74 Å². The highest BCUT2D eigenvalue weighted by atomic mass is 16.6. The molecule has 1 N–H and O–H groups in total. The Kier molecular flexibility index (Phi) is 5.31. The smallest absolute Gasteiger partial charge is 0.407 e. The average molecular weight is 249 g/mol. The number of hydrogen-bond donors (Lipinski definition) is 1. The number of carbonyl (C=O) groups is 1. The zero-order chi connectivity index (χ0) is 12.6. The molecule has 1 fully saturated rings. The Morgan fingerprint density at radius 3 is 2.83 bits per heavy atom. The Bertz CT molecular complexity index is 316. The van der Waals surface area contributed by atoms with E-state index in [-0.39, 0.29) is 12.2 Å². The van der Waals surface area contributed by atoms with Crippen molar-refractivity contribution in [3.05, 3.63) is 24.3 Å². The van der Waals surface area contributed by atoms with Crippen molar-refractivity contribution in [2.45, 2.75) is 51.0 Å². The van der Waals surface area contributed by atoms with Gasteiger partial charge in [-0.2, -0.15) is 0 Å². The van der Waals surface area contributed by atoms with Crippen LogP contribution in [0.1, 0.15) is 44.9 Å². The Labute approximate surface area is 109 Å².